The summed E-state index contributed by atoms with van der Waals surface area (Å²) in [6.45, 7) is 1.85. The topological polar surface area (TPSA) is 111 Å². The first-order chi connectivity index (χ1) is 13.9. The number of aromatic amines is 1. The third-order valence-corrected chi connectivity index (χ3v) is 5.17. The smallest absolute Gasteiger partial charge is 0.340 e. The van der Waals surface area contributed by atoms with E-state index in [-0.39, 0.29) is 17.7 Å². The SMILES string of the molecule is COC(=O)Cc1cc(=O)[nH]c(SCc2nc3ccccc3c(C)c2C(=O)OC)n1. The summed E-state index contributed by atoms with van der Waals surface area (Å²) in [6.07, 6.45) is -0.102. The summed E-state index contributed by atoms with van der Waals surface area (Å²) in [5, 5.41) is 1.19. The van der Waals surface area contributed by atoms with Crippen LogP contribution in [0.15, 0.2) is 40.3 Å². The zero-order valence-corrected chi connectivity index (χ0v) is 17.0. The number of methoxy groups -OCH3 is 2. The van der Waals surface area contributed by atoms with Crippen molar-refractivity contribution >= 4 is 34.6 Å². The van der Waals surface area contributed by atoms with E-state index in [4.69, 9.17) is 4.74 Å². The van der Waals surface area contributed by atoms with E-state index < -0.39 is 11.9 Å². The van der Waals surface area contributed by atoms with Gasteiger partial charge in [0.25, 0.3) is 5.56 Å². The van der Waals surface area contributed by atoms with Crippen molar-refractivity contribution < 1.29 is 19.1 Å². The van der Waals surface area contributed by atoms with Gasteiger partial charge < -0.3 is 14.5 Å². The minimum Gasteiger partial charge on any atom is -0.469 e. The molecule has 0 saturated carbocycles. The largest absolute Gasteiger partial charge is 0.469 e. The fraction of sp³-hybridized carbons (Fsp3) is 0.250. The first-order valence-electron chi connectivity index (χ1n) is 8.69. The molecule has 0 amide bonds. The van der Waals surface area contributed by atoms with Crippen molar-refractivity contribution in [1.82, 2.24) is 15.0 Å². The number of esters is 2. The number of para-hydroxylation sites is 1. The Balaban J connectivity index is 1.95. The number of H-pyrrole nitrogens is 1. The quantitative estimate of drug-likeness (QED) is 0.373. The Kier molecular flexibility index (Phi) is 6.28. The lowest BCUT2D eigenvalue weighted by Crippen LogP contribution is -2.14. The Morgan fingerprint density at radius 2 is 1.90 bits per heavy atom. The molecule has 3 aromatic rings. The second-order valence-corrected chi connectivity index (χ2v) is 7.11. The van der Waals surface area contributed by atoms with Crippen LogP contribution in [0.2, 0.25) is 0 Å². The van der Waals surface area contributed by atoms with Gasteiger partial charge in [-0.3, -0.25) is 14.6 Å². The highest BCUT2D eigenvalue weighted by Crippen LogP contribution is 2.27. The molecule has 0 fully saturated rings. The predicted molar refractivity (Wildman–Crippen MR) is 108 cm³/mol. The van der Waals surface area contributed by atoms with E-state index in [1.54, 1.807) is 0 Å². The first-order valence-corrected chi connectivity index (χ1v) is 9.68. The monoisotopic (exact) mass is 413 g/mol. The number of hydrogen-bond donors (Lipinski definition) is 1. The number of aryl methyl sites for hydroxylation is 1. The standard InChI is InChI=1S/C20H19N3O5S/c1-11-13-6-4-5-7-14(13)22-15(18(11)19(26)28-3)10-29-20-21-12(8-16(24)23-20)9-17(25)27-2/h4-8H,9-10H2,1-3H3,(H,21,23,24). The second-order valence-electron chi connectivity index (χ2n) is 6.15. The van der Waals surface area contributed by atoms with Crippen LogP contribution in [-0.2, 0) is 26.4 Å². The van der Waals surface area contributed by atoms with Crippen molar-refractivity contribution in [3.63, 3.8) is 0 Å². The molecular weight excluding hydrogens is 394 g/mol. The van der Waals surface area contributed by atoms with Gasteiger partial charge in [0.05, 0.1) is 43.1 Å². The van der Waals surface area contributed by atoms with Crippen LogP contribution in [-0.4, -0.2) is 41.1 Å². The van der Waals surface area contributed by atoms with Gasteiger partial charge >= 0.3 is 11.9 Å². The number of rotatable bonds is 6. The number of ether oxygens (including phenoxy) is 2. The van der Waals surface area contributed by atoms with Crippen molar-refractivity contribution in [2.45, 2.75) is 24.3 Å². The van der Waals surface area contributed by atoms with E-state index >= 15 is 0 Å². The van der Waals surface area contributed by atoms with Crippen molar-refractivity contribution in [1.29, 1.82) is 0 Å². The van der Waals surface area contributed by atoms with Gasteiger partial charge in [-0.1, -0.05) is 30.0 Å². The normalized spacial score (nSPS) is 10.7. The van der Waals surface area contributed by atoms with Crippen LogP contribution in [0.3, 0.4) is 0 Å². The van der Waals surface area contributed by atoms with Gasteiger partial charge in [-0.25, -0.2) is 9.78 Å². The lowest BCUT2D eigenvalue weighted by molar-refractivity contribution is -0.139. The van der Waals surface area contributed by atoms with E-state index in [0.717, 1.165) is 16.5 Å². The number of pyridine rings is 1. The van der Waals surface area contributed by atoms with Gasteiger partial charge in [0.1, 0.15) is 0 Å². The number of fused-ring (bicyclic) bond motifs is 1. The number of carbonyl (C=O) groups excluding carboxylic acids is 2. The number of aromatic nitrogens is 3. The fourth-order valence-electron chi connectivity index (χ4n) is 2.92. The molecule has 0 aliphatic carbocycles. The van der Waals surface area contributed by atoms with E-state index in [2.05, 4.69) is 19.7 Å². The first kappa shape index (κ1) is 20.5. The predicted octanol–water partition coefficient (Wildman–Crippen LogP) is 2.42. The van der Waals surface area contributed by atoms with Crippen LogP contribution in [0.4, 0.5) is 0 Å². The van der Waals surface area contributed by atoms with Crippen LogP contribution in [0.1, 0.15) is 27.3 Å². The summed E-state index contributed by atoms with van der Waals surface area (Å²) in [4.78, 5) is 47.2. The van der Waals surface area contributed by atoms with Crippen LogP contribution in [0.5, 0.6) is 0 Å². The number of carbonyl (C=O) groups is 2. The Morgan fingerprint density at radius 1 is 1.14 bits per heavy atom. The number of nitrogens with one attached hydrogen (secondary N) is 1. The van der Waals surface area contributed by atoms with Gasteiger partial charge in [0.2, 0.25) is 0 Å². The zero-order chi connectivity index (χ0) is 21.0. The Hall–Kier alpha value is -3.20. The third-order valence-electron chi connectivity index (χ3n) is 4.29. The number of benzene rings is 1. The highest BCUT2D eigenvalue weighted by Gasteiger charge is 2.20. The summed E-state index contributed by atoms with van der Waals surface area (Å²) >= 11 is 1.21. The van der Waals surface area contributed by atoms with E-state index in [1.807, 2.05) is 31.2 Å². The molecule has 0 atom stereocenters. The Bertz CT molecular complexity index is 1140. The molecule has 8 nitrogen and oxygen atoms in total. The third kappa shape index (κ3) is 4.62. The Morgan fingerprint density at radius 3 is 2.62 bits per heavy atom. The zero-order valence-electron chi connectivity index (χ0n) is 16.1. The molecule has 0 saturated heterocycles. The second kappa shape index (κ2) is 8.87. The molecule has 1 aromatic carbocycles. The molecule has 29 heavy (non-hydrogen) atoms. The molecule has 0 aliphatic rings. The van der Waals surface area contributed by atoms with E-state index in [0.29, 0.717) is 22.1 Å². The van der Waals surface area contributed by atoms with Crippen LogP contribution >= 0.6 is 11.8 Å². The summed E-state index contributed by atoms with van der Waals surface area (Å²) in [6, 6.07) is 8.77. The maximum absolute atomic E-state index is 12.4. The van der Waals surface area contributed by atoms with Gasteiger partial charge in [-0.15, -0.1) is 0 Å². The lowest BCUT2D eigenvalue weighted by Gasteiger charge is -2.13. The average Bonchev–Trinajstić information content (AvgIpc) is 2.71. The molecule has 0 aliphatic heterocycles. The summed E-state index contributed by atoms with van der Waals surface area (Å²) in [5.41, 5.74) is 2.38. The average molecular weight is 413 g/mol. The molecular formula is C20H19N3O5S. The maximum Gasteiger partial charge on any atom is 0.340 e. The van der Waals surface area contributed by atoms with Gasteiger partial charge in [0, 0.05) is 17.2 Å². The van der Waals surface area contributed by atoms with Gasteiger partial charge in [-0.2, -0.15) is 0 Å². The molecule has 0 radical (unpaired) electrons. The summed E-state index contributed by atoms with van der Waals surface area (Å²) in [5.74, 6) is -0.683. The molecule has 2 aromatic heterocycles. The highest BCUT2D eigenvalue weighted by atomic mass is 32.2. The van der Waals surface area contributed by atoms with Crippen molar-refractivity contribution in [3.05, 3.63) is 63.2 Å². The highest BCUT2D eigenvalue weighted by molar-refractivity contribution is 7.98. The lowest BCUT2D eigenvalue weighted by atomic mass is 10.0. The Labute approximate surface area is 170 Å². The minimum atomic E-state index is -0.487. The van der Waals surface area contributed by atoms with Crippen LogP contribution in [0, 0.1) is 6.92 Å². The van der Waals surface area contributed by atoms with E-state index in [9.17, 15) is 14.4 Å². The van der Waals surface area contributed by atoms with Gasteiger partial charge in [-0.05, 0) is 18.6 Å². The molecule has 9 heteroatoms. The fourth-order valence-corrected chi connectivity index (χ4v) is 3.75. The summed E-state index contributed by atoms with van der Waals surface area (Å²) in [7, 11) is 2.59. The number of thioether (sulfide) groups is 1. The van der Waals surface area contributed by atoms with Crippen molar-refractivity contribution in [2.24, 2.45) is 0 Å². The number of hydrogen-bond acceptors (Lipinski definition) is 8. The minimum absolute atomic E-state index is 0.102. The van der Waals surface area contributed by atoms with Crippen molar-refractivity contribution in [2.75, 3.05) is 14.2 Å². The van der Waals surface area contributed by atoms with Gasteiger partial charge in [0.15, 0.2) is 5.16 Å². The van der Waals surface area contributed by atoms with Crippen LogP contribution in [0.25, 0.3) is 10.9 Å². The molecule has 3 rings (SSSR count). The summed E-state index contributed by atoms with van der Waals surface area (Å²) < 4.78 is 9.55. The van der Waals surface area contributed by atoms with Crippen molar-refractivity contribution in [3.8, 4) is 0 Å². The van der Waals surface area contributed by atoms with Crippen LogP contribution < -0.4 is 5.56 Å². The molecule has 0 bridgehead atoms. The maximum atomic E-state index is 12.4. The number of nitrogens with zero attached hydrogens (tertiary/aromatic N) is 2. The molecule has 0 unspecified atom stereocenters. The van der Waals surface area contributed by atoms with E-state index in [1.165, 1.54) is 32.0 Å². The molecule has 1 N–H and O–H groups in total. The molecule has 2 heterocycles. The molecule has 150 valence electrons. The molecule has 0 spiro atoms.